The quantitative estimate of drug-likeness (QED) is 0.227. The number of carboxylic acids is 1. The van der Waals surface area contributed by atoms with Crippen LogP contribution in [0.15, 0.2) is 78.4 Å². The van der Waals surface area contributed by atoms with E-state index in [4.69, 9.17) is 4.74 Å². The summed E-state index contributed by atoms with van der Waals surface area (Å²) in [5.74, 6) is -1.40. The molecule has 0 aliphatic carbocycles. The van der Waals surface area contributed by atoms with Crippen molar-refractivity contribution in [2.24, 2.45) is 0 Å². The fourth-order valence-corrected chi connectivity index (χ4v) is 2.82. The maximum Gasteiger partial charge on any atom is 0.337 e. The molecule has 2 N–H and O–H groups in total. The van der Waals surface area contributed by atoms with Crippen LogP contribution in [-0.2, 0) is 11.4 Å². The minimum atomic E-state index is -1.20. The Balaban J connectivity index is 1.66. The molecule has 0 aliphatic heterocycles. The number of carbonyl (C=O) groups is 2. The zero-order valence-corrected chi connectivity index (χ0v) is 17.1. The van der Waals surface area contributed by atoms with Crippen LogP contribution in [0.5, 0.6) is 5.75 Å². The van der Waals surface area contributed by atoms with Crippen LogP contribution in [0.3, 0.4) is 0 Å². The summed E-state index contributed by atoms with van der Waals surface area (Å²) in [7, 11) is 0. The average Bonchev–Trinajstić information content (AvgIpc) is 2.82. The van der Waals surface area contributed by atoms with E-state index in [1.54, 1.807) is 42.5 Å². The number of para-hydroxylation sites is 1. The standard InChI is InChI=1S/C24H17N3O6/c25-14-18(23(28)26-22-4-2-1-3-21(22)24(29)30)13-16-7-11-20(12-8-16)33-15-17-5-9-19(10-6-17)27(31)32/h1-13H,15H2,(H,26,28)(H,29,30)/b18-13+. The monoisotopic (exact) mass is 443 g/mol. The van der Waals surface area contributed by atoms with E-state index in [-0.39, 0.29) is 29.1 Å². The smallest absolute Gasteiger partial charge is 0.337 e. The molecule has 9 heteroatoms. The van der Waals surface area contributed by atoms with Crippen LogP contribution in [0.1, 0.15) is 21.5 Å². The first-order valence-corrected chi connectivity index (χ1v) is 9.59. The lowest BCUT2D eigenvalue weighted by Gasteiger charge is -2.08. The molecule has 0 saturated carbocycles. The van der Waals surface area contributed by atoms with Crippen molar-refractivity contribution in [1.29, 1.82) is 5.26 Å². The van der Waals surface area contributed by atoms with Gasteiger partial charge in [-0.05, 0) is 53.6 Å². The number of nitro groups is 1. The van der Waals surface area contributed by atoms with Crippen LogP contribution >= 0.6 is 0 Å². The van der Waals surface area contributed by atoms with Crippen LogP contribution in [0.25, 0.3) is 6.08 Å². The van der Waals surface area contributed by atoms with Gasteiger partial charge in [0.2, 0.25) is 0 Å². The summed E-state index contributed by atoms with van der Waals surface area (Å²) in [6, 6.07) is 20.3. The van der Waals surface area contributed by atoms with E-state index in [0.29, 0.717) is 11.3 Å². The van der Waals surface area contributed by atoms with Gasteiger partial charge < -0.3 is 15.2 Å². The summed E-state index contributed by atoms with van der Waals surface area (Å²) in [4.78, 5) is 34.0. The van der Waals surface area contributed by atoms with Gasteiger partial charge >= 0.3 is 5.97 Å². The first kappa shape index (κ1) is 22.7. The third kappa shape index (κ3) is 6.02. The van der Waals surface area contributed by atoms with Gasteiger partial charge in [0.15, 0.2) is 0 Å². The van der Waals surface area contributed by atoms with Crippen molar-refractivity contribution in [3.8, 4) is 11.8 Å². The molecule has 3 aromatic carbocycles. The number of hydrogen-bond donors (Lipinski definition) is 2. The number of carboxylic acid groups (broad SMARTS) is 1. The molecule has 0 unspecified atom stereocenters. The van der Waals surface area contributed by atoms with Gasteiger partial charge in [0, 0.05) is 12.1 Å². The lowest BCUT2D eigenvalue weighted by atomic mass is 10.1. The lowest BCUT2D eigenvalue weighted by molar-refractivity contribution is -0.384. The van der Waals surface area contributed by atoms with Gasteiger partial charge in [0.25, 0.3) is 11.6 Å². The second-order valence-electron chi connectivity index (χ2n) is 6.76. The minimum absolute atomic E-state index is 0.00123. The highest BCUT2D eigenvalue weighted by Crippen LogP contribution is 2.19. The Morgan fingerprint density at radius 3 is 2.33 bits per heavy atom. The number of rotatable bonds is 8. The number of carbonyl (C=O) groups excluding carboxylic acids is 1. The van der Waals surface area contributed by atoms with E-state index in [1.807, 2.05) is 6.07 Å². The number of anilines is 1. The normalized spacial score (nSPS) is 10.7. The third-order valence-electron chi connectivity index (χ3n) is 4.51. The second-order valence-corrected chi connectivity index (χ2v) is 6.76. The fourth-order valence-electron chi connectivity index (χ4n) is 2.82. The number of hydrogen-bond acceptors (Lipinski definition) is 6. The van der Waals surface area contributed by atoms with E-state index in [1.165, 1.54) is 36.4 Å². The van der Waals surface area contributed by atoms with E-state index < -0.39 is 16.8 Å². The predicted molar refractivity (Wildman–Crippen MR) is 119 cm³/mol. The van der Waals surface area contributed by atoms with Gasteiger partial charge in [0.1, 0.15) is 24.0 Å². The zero-order valence-electron chi connectivity index (χ0n) is 17.1. The van der Waals surface area contributed by atoms with Gasteiger partial charge in [-0.2, -0.15) is 5.26 Å². The van der Waals surface area contributed by atoms with Gasteiger partial charge in [-0.3, -0.25) is 14.9 Å². The number of nitro benzene ring substituents is 1. The molecule has 3 rings (SSSR count). The number of nitrogens with zero attached hydrogens (tertiary/aromatic N) is 2. The third-order valence-corrected chi connectivity index (χ3v) is 4.51. The Bertz CT molecular complexity index is 1260. The SMILES string of the molecule is N#C/C(=C\c1ccc(OCc2ccc([N+](=O)[O-])cc2)cc1)C(=O)Nc1ccccc1C(=O)O. The summed E-state index contributed by atoms with van der Waals surface area (Å²) < 4.78 is 5.65. The summed E-state index contributed by atoms with van der Waals surface area (Å²) in [5, 5.41) is 31.7. The van der Waals surface area contributed by atoms with E-state index >= 15 is 0 Å². The molecule has 0 spiro atoms. The summed E-state index contributed by atoms with van der Waals surface area (Å²) in [6.45, 7) is 0.210. The van der Waals surface area contributed by atoms with Gasteiger partial charge in [0.05, 0.1) is 16.2 Å². The number of aromatic carboxylic acids is 1. The van der Waals surface area contributed by atoms with Crippen molar-refractivity contribution in [2.45, 2.75) is 6.61 Å². The molecule has 0 heterocycles. The number of nitriles is 1. The maximum absolute atomic E-state index is 12.5. The molecule has 0 saturated heterocycles. The largest absolute Gasteiger partial charge is 0.489 e. The average molecular weight is 443 g/mol. The fraction of sp³-hybridized carbons (Fsp3) is 0.0417. The topological polar surface area (TPSA) is 143 Å². The molecular weight excluding hydrogens is 426 g/mol. The molecule has 0 bridgehead atoms. The molecule has 0 radical (unpaired) electrons. The Morgan fingerprint density at radius 2 is 1.73 bits per heavy atom. The van der Waals surface area contributed by atoms with E-state index in [9.17, 15) is 30.1 Å². The maximum atomic E-state index is 12.5. The van der Waals surface area contributed by atoms with Gasteiger partial charge in [-0.1, -0.05) is 24.3 Å². The molecule has 0 aromatic heterocycles. The van der Waals surface area contributed by atoms with Crippen LogP contribution in [0, 0.1) is 21.4 Å². The number of benzene rings is 3. The lowest BCUT2D eigenvalue weighted by Crippen LogP contribution is -2.16. The van der Waals surface area contributed by atoms with Crippen molar-refractivity contribution in [3.63, 3.8) is 0 Å². The Hall–Kier alpha value is -4.97. The summed E-state index contributed by atoms with van der Waals surface area (Å²) in [6.07, 6.45) is 1.37. The molecule has 9 nitrogen and oxygen atoms in total. The van der Waals surface area contributed by atoms with Crippen LogP contribution in [-0.4, -0.2) is 21.9 Å². The van der Waals surface area contributed by atoms with Crippen LogP contribution in [0.2, 0.25) is 0 Å². The second kappa shape index (κ2) is 10.4. The van der Waals surface area contributed by atoms with E-state index in [2.05, 4.69) is 5.32 Å². The van der Waals surface area contributed by atoms with Gasteiger partial charge in [-0.15, -0.1) is 0 Å². The summed E-state index contributed by atoms with van der Waals surface area (Å²) >= 11 is 0. The van der Waals surface area contributed by atoms with Crippen molar-refractivity contribution in [2.75, 3.05) is 5.32 Å². The zero-order chi connectivity index (χ0) is 23.8. The van der Waals surface area contributed by atoms with Crippen LogP contribution in [0.4, 0.5) is 11.4 Å². The number of ether oxygens (including phenoxy) is 1. The molecule has 0 fully saturated rings. The molecule has 0 atom stereocenters. The molecule has 0 aliphatic rings. The highest BCUT2D eigenvalue weighted by atomic mass is 16.6. The highest BCUT2D eigenvalue weighted by Gasteiger charge is 2.15. The summed E-state index contributed by atoms with van der Waals surface area (Å²) in [5.41, 5.74) is 1.13. The Labute approximate surface area is 188 Å². The van der Waals surface area contributed by atoms with Crippen molar-refractivity contribution < 1.29 is 24.4 Å². The van der Waals surface area contributed by atoms with Crippen molar-refractivity contribution in [1.82, 2.24) is 0 Å². The van der Waals surface area contributed by atoms with Crippen LogP contribution < -0.4 is 10.1 Å². The number of amides is 1. The van der Waals surface area contributed by atoms with Gasteiger partial charge in [-0.25, -0.2) is 4.79 Å². The molecule has 164 valence electrons. The molecular formula is C24H17N3O6. The minimum Gasteiger partial charge on any atom is -0.489 e. The number of nitrogens with one attached hydrogen (secondary N) is 1. The molecule has 33 heavy (non-hydrogen) atoms. The first-order chi connectivity index (χ1) is 15.9. The predicted octanol–water partition coefficient (Wildman–Crippen LogP) is 4.42. The number of non-ortho nitro benzene ring substituents is 1. The Kier molecular flexibility index (Phi) is 7.13. The molecule has 1 amide bonds. The highest BCUT2D eigenvalue weighted by molar-refractivity contribution is 6.11. The molecule has 3 aromatic rings. The van der Waals surface area contributed by atoms with E-state index in [0.717, 1.165) is 5.56 Å². The first-order valence-electron chi connectivity index (χ1n) is 9.59. The van der Waals surface area contributed by atoms with Crippen molar-refractivity contribution in [3.05, 3.63) is 105 Å². The Morgan fingerprint density at radius 1 is 1.06 bits per heavy atom. The van der Waals surface area contributed by atoms with Crippen molar-refractivity contribution >= 4 is 29.3 Å².